The van der Waals surface area contributed by atoms with Crippen LogP contribution in [0.3, 0.4) is 0 Å². The maximum absolute atomic E-state index is 12.4. The van der Waals surface area contributed by atoms with Crippen LogP contribution in [0.25, 0.3) is 0 Å². The molecule has 2 rings (SSSR count). The van der Waals surface area contributed by atoms with E-state index in [1.807, 2.05) is 0 Å². The third-order valence-corrected chi connectivity index (χ3v) is 3.54. The normalized spacial score (nSPS) is 22.1. The van der Waals surface area contributed by atoms with Gasteiger partial charge in [-0.15, -0.1) is 0 Å². The molecule has 1 aromatic carbocycles. The topological polar surface area (TPSA) is 64.3 Å². The van der Waals surface area contributed by atoms with E-state index in [4.69, 9.17) is 5.73 Å². The van der Waals surface area contributed by atoms with E-state index in [9.17, 15) is 13.6 Å². The van der Waals surface area contributed by atoms with Gasteiger partial charge >= 0.3 is 6.61 Å². The second kappa shape index (κ2) is 6.17. The minimum Gasteiger partial charge on any atom is -0.433 e. The van der Waals surface area contributed by atoms with E-state index in [2.05, 4.69) is 10.1 Å². The molecule has 2 unspecified atom stereocenters. The summed E-state index contributed by atoms with van der Waals surface area (Å²) < 4.78 is 29.2. The summed E-state index contributed by atoms with van der Waals surface area (Å²) in [6, 6.07) is 4.79. The zero-order valence-corrected chi connectivity index (χ0v) is 11.2. The smallest absolute Gasteiger partial charge is 0.387 e. The number of ether oxygens (including phenoxy) is 1. The molecule has 6 heteroatoms. The number of carbonyl (C=O) groups is 1. The first kappa shape index (κ1) is 14.7. The Bertz CT molecular complexity index is 494. The van der Waals surface area contributed by atoms with Gasteiger partial charge in [0.2, 0.25) is 5.91 Å². The number of nitrogens with one attached hydrogen (secondary N) is 1. The molecule has 1 aliphatic carbocycles. The zero-order valence-electron chi connectivity index (χ0n) is 11.2. The summed E-state index contributed by atoms with van der Waals surface area (Å²) in [5.41, 5.74) is 6.76. The number of carbonyl (C=O) groups excluding carboxylic acids is 1. The molecule has 4 nitrogen and oxygen atoms in total. The van der Waals surface area contributed by atoms with Crippen molar-refractivity contribution in [1.29, 1.82) is 0 Å². The van der Waals surface area contributed by atoms with Crippen LogP contribution in [-0.4, -0.2) is 18.6 Å². The van der Waals surface area contributed by atoms with E-state index in [1.165, 1.54) is 6.07 Å². The Hall–Kier alpha value is -1.69. The molecule has 0 bridgehead atoms. The number of benzene rings is 1. The highest BCUT2D eigenvalue weighted by Crippen LogP contribution is 2.32. The van der Waals surface area contributed by atoms with Crippen molar-refractivity contribution >= 4 is 11.6 Å². The van der Waals surface area contributed by atoms with Crippen molar-refractivity contribution in [2.75, 3.05) is 5.32 Å². The van der Waals surface area contributed by atoms with Gasteiger partial charge in [0.25, 0.3) is 0 Å². The van der Waals surface area contributed by atoms with Crippen LogP contribution in [0, 0.1) is 12.8 Å². The zero-order chi connectivity index (χ0) is 14.7. The molecule has 0 heterocycles. The van der Waals surface area contributed by atoms with Crippen molar-refractivity contribution in [3.63, 3.8) is 0 Å². The number of hydrogen-bond donors (Lipinski definition) is 2. The van der Waals surface area contributed by atoms with E-state index in [1.54, 1.807) is 19.1 Å². The van der Waals surface area contributed by atoms with Gasteiger partial charge in [-0.3, -0.25) is 4.79 Å². The highest BCUT2D eigenvalue weighted by molar-refractivity contribution is 5.95. The first-order valence-corrected chi connectivity index (χ1v) is 6.58. The molecule has 0 saturated heterocycles. The Labute approximate surface area is 116 Å². The Morgan fingerprint density at radius 3 is 2.80 bits per heavy atom. The van der Waals surface area contributed by atoms with Crippen molar-refractivity contribution in [3.05, 3.63) is 23.8 Å². The van der Waals surface area contributed by atoms with Crippen molar-refractivity contribution < 1.29 is 18.3 Å². The molecule has 1 aliphatic rings. The fourth-order valence-corrected chi connectivity index (χ4v) is 2.48. The Balaban J connectivity index is 2.13. The van der Waals surface area contributed by atoms with Gasteiger partial charge in [-0.05, 0) is 37.8 Å². The van der Waals surface area contributed by atoms with E-state index < -0.39 is 6.61 Å². The summed E-state index contributed by atoms with van der Waals surface area (Å²) in [4.78, 5) is 12.1. The van der Waals surface area contributed by atoms with Gasteiger partial charge < -0.3 is 15.8 Å². The summed E-state index contributed by atoms with van der Waals surface area (Å²) in [6.07, 6.45) is 2.17. The third-order valence-electron chi connectivity index (χ3n) is 3.54. The number of amides is 1. The summed E-state index contributed by atoms with van der Waals surface area (Å²) >= 11 is 0. The molecule has 2 atom stereocenters. The Morgan fingerprint density at radius 2 is 2.20 bits per heavy atom. The van der Waals surface area contributed by atoms with Gasteiger partial charge in [-0.2, -0.15) is 8.78 Å². The minimum absolute atomic E-state index is 0.0179. The average molecular weight is 284 g/mol. The van der Waals surface area contributed by atoms with Gasteiger partial charge in [0.05, 0.1) is 5.69 Å². The number of aryl methyl sites for hydroxylation is 1. The van der Waals surface area contributed by atoms with Crippen LogP contribution in [0.5, 0.6) is 5.75 Å². The Morgan fingerprint density at radius 1 is 1.45 bits per heavy atom. The van der Waals surface area contributed by atoms with Crippen LogP contribution >= 0.6 is 0 Å². The SMILES string of the molecule is Cc1cccc(OC(F)F)c1NC(=O)C1CCC(N)C1. The molecule has 0 aromatic heterocycles. The highest BCUT2D eigenvalue weighted by atomic mass is 19.3. The van der Waals surface area contributed by atoms with E-state index in [0.29, 0.717) is 17.7 Å². The number of anilines is 1. The lowest BCUT2D eigenvalue weighted by molar-refractivity contribution is -0.119. The molecule has 0 radical (unpaired) electrons. The van der Waals surface area contributed by atoms with Crippen LogP contribution < -0.4 is 15.8 Å². The summed E-state index contributed by atoms with van der Waals surface area (Å²) in [5.74, 6) is -0.369. The largest absolute Gasteiger partial charge is 0.433 e. The van der Waals surface area contributed by atoms with Gasteiger partial charge in [0.1, 0.15) is 5.75 Å². The molecule has 1 amide bonds. The number of hydrogen-bond acceptors (Lipinski definition) is 3. The van der Waals surface area contributed by atoms with E-state index >= 15 is 0 Å². The number of para-hydroxylation sites is 1. The first-order valence-electron chi connectivity index (χ1n) is 6.58. The molecule has 1 fully saturated rings. The number of nitrogens with two attached hydrogens (primary N) is 1. The highest BCUT2D eigenvalue weighted by Gasteiger charge is 2.28. The second-order valence-corrected chi connectivity index (χ2v) is 5.09. The Kier molecular flexibility index (Phi) is 4.54. The summed E-state index contributed by atoms with van der Waals surface area (Å²) in [7, 11) is 0. The van der Waals surface area contributed by atoms with Crippen molar-refractivity contribution in [1.82, 2.24) is 0 Å². The second-order valence-electron chi connectivity index (χ2n) is 5.09. The average Bonchev–Trinajstić information content (AvgIpc) is 2.79. The first-order chi connectivity index (χ1) is 9.47. The van der Waals surface area contributed by atoms with Crippen LogP contribution in [0.15, 0.2) is 18.2 Å². The molecule has 110 valence electrons. The van der Waals surface area contributed by atoms with Crippen molar-refractivity contribution in [3.8, 4) is 5.75 Å². The molecule has 0 spiro atoms. The maximum atomic E-state index is 12.4. The monoisotopic (exact) mass is 284 g/mol. The van der Waals surface area contributed by atoms with Crippen LogP contribution in [0.2, 0.25) is 0 Å². The van der Waals surface area contributed by atoms with Crippen LogP contribution in [-0.2, 0) is 4.79 Å². The van der Waals surface area contributed by atoms with Gasteiger partial charge in [0, 0.05) is 12.0 Å². The quantitative estimate of drug-likeness (QED) is 0.893. The van der Waals surface area contributed by atoms with Gasteiger partial charge in [-0.1, -0.05) is 12.1 Å². The number of alkyl halides is 2. The van der Waals surface area contributed by atoms with Crippen molar-refractivity contribution in [2.24, 2.45) is 11.7 Å². The molecule has 1 aromatic rings. The summed E-state index contributed by atoms with van der Waals surface area (Å²) in [5, 5.41) is 2.69. The fraction of sp³-hybridized carbons (Fsp3) is 0.500. The lowest BCUT2D eigenvalue weighted by atomic mass is 10.1. The number of halogens is 2. The fourth-order valence-electron chi connectivity index (χ4n) is 2.48. The summed E-state index contributed by atoms with van der Waals surface area (Å²) in [6.45, 7) is -1.19. The van der Waals surface area contributed by atoms with Gasteiger partial charge in [-0.25, -0.2) is 0 Å². The van der Waals surface area contributed by atoms with E-state index in [-0.39, 0.29) is 23.6 Å². The molecular formula is C14H18F2N2O2. The minimum atomic E-state index is -2.92. The molecular weight excluding hydrogens is 266 g/mol. The molecule has 3 N–H and O–H groups in total. The lowest BCUT2D eigenvalue weighted by Crippen LogP contribution is -2.24. The molecule has 1 saturated carbocycles. The lowest BCUT2D eigenvalue weighted by Gasteiger charge is -2.16. The number of rotatable bonds is 4. The van der Waals surface area contributed by atoms with E-state index in [0.717, 1.165) is 12.8 Å². The standard InChI is InChI=1S/C14H18F2N2O2/c1-8-3-2-4-11(20-14(15)16)12(8)18-13(19)9-5-6-10(17)7-9/h2-4,9-10,14H,5-7,17H2,1H3,(H,18,19). The predicted molar refractivity (Wildman–Crippen MR) is 71.8 cm³/mol. The van der Waals surface area contributed by atoms with Crippen LogP contribution in [0.1, 0.15) is 24.8 Å². The van der Waals surface area contributed by atoms with Crippen LogP contribution in [0.4, 0.5) is 14.5 Å². The molecule has 0 aliphatic heterocycles. The van der Waals surface area contributed by atoms with Crippen molar-refractivity contribution in [2.45, 2.75) is 38.8 Å². The van der Waals surface area contributed by atoms with Gasteiger partial charge in [0.15, 0.2) is 0 Å². The molecule has 20 heavy (non-hydrogen) atoms. The predicted octanol–water partition coefficient (Wildman–Crippen LogP) is 2.66. The third kappa shape index (κ3) is 3.45. The maximum Gasteiger partial charge on any atom is 0.387 e.